The number of anilines is 1. The van der Waals surface area contributed by atoms with E-state index in [-0.39, 0.29) is 50.2 Å². The number of benzene rings is 4. The molecule has 1 atom stereocenters. The topological polar surface area (TPSA) is 91.8 Å². The molecule has 2 aliphatic rings. The van der Waals surface area contributed by atoms with Crippen LogP contribution < -0.4 is 4.90 Å². The van der Waals surface area contributed by atoms with Crippen molar-refractivity contribution in [2.24, 2.45) is 0 Å². The zero-order valence-electron chi connectivity index (χ0n) is 22.7. The number of carbonyl (C=O) groups excluding carboxylic acids is 5. The molecule has 0 N–H and O–H groups in total. The van der Waals surface area contributed by atoms with Crippen molar-refractivity contribution in [3.05, 3.63) is 135 Å². The fourth-order valence-corrected chi connectivity index (χ4v) is 5.43. The summed E-state index contributed by atoms with van der Waals surface area (Å²) < 4.78 is 42.2. The summed E-state index contributed by atoms with van der Waals surface area (Å²) >= 11 is 0. The molecule has 2 aliphatic heterocycles. The van der Waals surface area contributed by atoms with Crippen molar-refractivity contribution >= 4 is 35.1 Å². The third-order valence-corrected chi connectivity index (χ3v) is 7.72. The third kappa shape index (κ3) is 4.51. The fraction of sp³-hybridized carbons (Fsp3) is 0.121. The molecule has 0 spiro atoms. The molecular formula is C33H21F3N2O5. The van der Waals surface area contributed by atoms with Gasteiger partial charge in [-0.1, -0.05) is 54.1 Å². The van der Waals surface area contributed by atoms with E-state index < -0.39 is 41.5 Å². The Balaban J connectivity index is 1.28. The van der Waals surface area contributed by atoms with Gasteiger partial charge in [0.2, 0.25) is 0 Å². The van der Waals surface area contributed by atoms with E-state index in [0.29, 0.717) is 0 Å². The highest BCUT2D eigenvalue weighted by atomic mass is 19.4. The fourth-order valence-electron chi connectivity index (χ4n) is 5.43. The van der Waals surface area contributed by atoms with Gasteiger partial charge in [0.25, 0.3) is 23.6 Å². The first kappa shape index (κ1) is 27.8. The summed E-state index contributed by atoms with van der Waals surface area (Å²) in [6.45, 7) is 1.78. The summed E-state index contributed by atoms with van der Waals surface area (Å²) in [6.07, 6.45) is -4.58. The number of rotatable bonds is 5. The van der Waals surface area contributed by atoms with Gasteiger partial charge in [-0.15, -0.1) is 0 Å². The van der Waals surface area contributed by atoms with E-state index in [0.717, 1.165) is 15.4 Å². The molecular weight excluding hydrogens is 561 g/mol. The van der Waals surface area contributed by atoms with Crippen LogP contribution in [0.2, 0.25) is 0 Å². The first-order valence-corrected chi connectivity index (χ1v) is 13.1. The number of imide groups is 2. The zero-order valence-corrected chi connectivity index (χ0v) is 22.7. The van der Waals surface area contributed by atoms with Crippen LogP contribution in [0.1, 0.15) is 80.0 Å². The highest BCUT2D eigenvalue weighted by Gasteiger charge is 2.42. The molecule has 0 aliphatic carbocycles. The number of ketones is 1. The highest BCUT2D eigenvalue weighted by Crippen LogP contribution is 2.41. The van der Waals surface area contributed by atoms with Crippen LogP contribution in [-0.2, 0) is 0 Å². The minimum atomic E-state index is -4.58. The van der Waals surface area contributed by atoms with Crippen LogP contribution in [0.15, 0.2) is 84.9 Å². The maximum absolute atomic E-state index is 14.1. The molecule has 6 rings (SSSR count). The number of fused-ring (bicyclic) bond motifs is 2. The molecule has 0 bridgehead atoms. The number of nitrogens with zero attached hydrogens (tertiary/aromatic N) is 2. The van der Waals surface area contributed by atoms with Crippen molar-refractivity contribution < 1.29 is 37.1 Å². The molecule has 7 nitrogen and oxygen atoms in total. The van der Waals surface area contributed by atoms with E-state index in [9.17, 15) is 37.1 Å². The lowest BCUT2D eigenvalue weighted by Crippen LogP contribution is -2.29. The second-order valence-electron chi connectivity index (χ2n) is 10.4. The van der Waals surface area contributed by atoms with Crippen LogP contribution in [-0.4, -0.2) is 47.5 Å². The van der Waals surface area contributed by atoms with Gasteiger partial charge in [0.1, 0.15) is 5.92 Å². The maximum Gasteiger partial charge on any atom is 0.399 e. The normalized spacial score (nSPS) is 15.2. The standard InChI is InChI=1S/C33H21F3N2O5/c1-17-3-5-18(6-4-17)27(33(34,35)36)19-7-11-22(12-8-19)38-31(42)24-14-10-21(16-26(24)32(38)43)28(39)20-9-13-23-25(15-20)30(41)37(2)29(23)40/h3-16,27H,1-2H3. The van der Waals surface area contributed by atoms with Gasteiger partial charge < -0.3 is 0 Å². The lowest BCUT2D eigenvalue weighted by Gasteiger charge is -2.22. The number of hydrogen-bond donors (Lipinski definition) is 0. The van der Waals surface area contributed by atoms with Crippen LogP contribution in [0.25, 0.3) is 0 Å². The zero-order chi connectivity index (χ0) is 30.8. The minimum Gasteiger partial charge on any atom is -0.289 e. The minimum absolute atomic E-state index is 0.0369. The molecule has 0 fully saturated rings. The molecule has 1 unspecified atom stereocenters. The van der Waals surface area contributed by atoms with E-state index in [1.807, 2.05) is 0 Å². The van der Waals surface area contributed by atoms with Gasteiger partial charge in [0.05, 0.1) is 27.9 Å². The number of aryl methyl sites for hydroxylation is 1. The Labute approximate surface area is 243 Å². The summed E-state index contributed by atoms with van der Waals surface area (Å²) in [5, 5.41) is 0. The summed E-state index contributed by atoms with van der Waals surface area (Å²) in [7, 11) is 1.34. The Kier molecular flexibility index (Phi) is 6.37. The van der Waals surface area contributed by atoms with Gasteiger partial charge in [-0.05, 0) is 54.4 Å². The summed E-state index contributed by atoms with van der Waals surface area (Å²) in [4.78, 5) is 66.1. The summed E-state index contributed by atoms with van der Waals surface area (Å²) in [5.74, 6) is -4.85. The molecule has 4 aromatic rings. The van der Waals surface area contributed by atoms with Crippen molar-refractivity contribution in [3.63, 3.8) is 0 Å². The number of amides is 4. The highest BCUT2D eigenvalue weighted by molar-refractivity contribution is 6.35. The maximum atomic E-state index is 14.1. The predicted molar refractivity (Wildman–Crippen MR) is 149 cm³/mol. The van der Waals surface area contributed by atoms with Crippen molar-refractivity contribution in [1.29, 1.82) is 0 Å². The van der Waals surface area contributed by atoms with Crippen LogP contribution in [0.3, 0.4) is 0 Å². The van der Waals surface area contributed by atoms with Crippen molar-refractivity contribution in [1.82, 2.24) is 4.90 Å². The third-order valence-electron chi connectivity index (χ3n) is 7.72. The summed E-state index contributed by atoms with van der Waals surface area (Å²) in [5.41, 5.74) is 1.38. The Morgan fingerprint density at radius 2 is 1.07 bits per heavy atom. The quantitative estimate of drug-likeness (QED) is 0.214. The first-order chi connectivity index (χ1) is 20.4. The molecule has 0 saturated heterocycles. The molecule has 0 radical (unpaired) electrons. The average molecular weight is 583 g/mol. The van der Waals surface area contributed by atoms with Gasteiger partial charge in [-0.25, -0.2) is 4.90 Å². The lowest BCUT2D eigenvalue weighted by atomic mass is 9.90. The van der Waals surface area contributed by atoms with Gasteiger partial charge in [0.15, 0.2) is 5.78 Å². The van der Waals surface area contributed by atoms with Crippen LogP contribution in [0, 0.1) is 6.92 Å². The second-order valence-corrected chi connectivity index (χ2v) is 10.4. The average Bonchev–Trinajstić information content (AvgIpc) is 3.36. The Bertz CT molecular complexity index is 1880. The SMILES string of the molecule is Cc1ccc(C(c2ccc(N3C(=O)c4ccc(C(=O)c5ccc6c(c5)C(=O)N(C)C6=O)cc4C3=O)cc2)C(F)(F)F)cc1. The van der Waals surface area contributed by atoms with E-state index in [2.05, 4.69) is 0 Å². The molecule has 4 aromatic carbocycles. The lowest BCUT2D eigenvalue weighted by molar-refractivity contribution is -0.141. The van der Waals surface area contributed by atoms with Crippen LogP contribution >= 0.6 is 0 Å². The summed E-state index contributed by atoms with van der Waals surface area (Å²) in [6, 6.07) is 19.2. The Morgan fingerprint density at radius 1 is 0.628 bits per heavy atom. The molecule has 2 heterocycles. The Morgan fingerprint density at radius 3 is 1.60 bits per heavy atom. The first-order valence-electron chi connectivity index (χ1n) is 13.1. The van der Waals surface area contributed by atoms with E-state index in [1.165, 1.54) is 79.8 Å². The molecule has 43 heavy (non-hydrogen) atoms. The number of hydrogen-bond acceptors (Lipinski definition) is 5. The van der Waals surface area contributed by atoms with Gasteiger partial charge in [0, 0.05) is 18.2 Å². The predicted octanol–water partition coefficient (Wildman–Crippen LogP) is 5.95. The molecule has 10 heteroatoms. The number of alkyl halides is 3. The van der Waals surface area contributed by atoms with Crippen molar-refractivity contribution in [2.45, 2.75) is 19.0 Å². The molecule has 0 saturated carbocycles. The van der Waals surface area contributed by atoms with E-state index in [1.54, 1.807) is 19.1 Å². The largest absolute Gasteiger partial charge is 0.399 e. The van der Waals surface area contributed by atoms with Crippen LogP contribution in [0.5, 0.6) is 0 Å². The van der Waals surface area contributed by atoms with E-state index >= 15 is 0 Å². The molecule has 0 aromatic heterocycles. The van der Waals surface area contributed by atoms with Crippen molar-refractivity contribution in [2.75, 3.05) is 11.9 Å². The monoisotopic (exact) mass is 582 g/mol. The van der Waals surface area contributed by atoms with Gasteiger partial charge in [-0.3, -0.25) is 28.9 Å². The van der Waals surface area contributed by atoms with Crippen LogP contribution in [0.4, 0.5) is 18.9 Å². The second kappa shape index (κ2) is 9.87. The van der Waals surface area contributed by atoms with Crippen molar-refractivity contribution in [3.8, 4) is 0 Å². The number of carbonyl (C=O) groups is 5. The van der Waals surface area contributed by atoms with Gasteiger partial charge in [-0.2, -0.15) is 13.2 Å². The van der Waals surface area contributed by atoms with Gasteiger partial charge >= 0.3 is 6.18 Å². The number of halogens is 3. The molecule has 4 amide bonds. The van der Waals surface area contributed by atoms with E-state index in [4.69, 9.17) is 0 Å². The molecule has 214 valence electrons. The smallest absolute Gasteiger partial charge is 0.289 e. The Hall–Kier alpha value is -5.38.